The zero-order valence-electron chi connectivity index (χ0n) is 14.1. The van der Waals surface area contributed by atoms with Crippen LogP contribution in [0.25, 0.3) is 0 Å². The van der Waals surface area contributed by atoms with E-state index >= 15 is 0 Å². The number of unbranched alkanes of at least 4 members (excludes halogenated alkanes) is 3. The van der Waals surface area contributed by atoms with Gasteiger partial charge in [0.1, 0.15) is 0 Å². The smallest absolute Gasteiger partial charge is 0.333 e. The predicted octanol–water partition coefficient (Wildman–Crippen LogP) is 3.97. The first-order valence-corrected chi connectivity index (χ1v) is 9.85. The lowest BCUT2D eigenvalue weighted by molar-refractivity contribution is -0.138. The molecule has 20 heavy (non-hydrogen) atoms. The summed E-state index contributed by atoms with van der Waals surface area (Å²) in [6, 6.07) is 0. The number of rotatable bonds is 12. The van der Waals surface area contributed by atoms with Crippen LogP contribution in [0.15, 0.2) is 12.2 Å². The average molecular weight is 299 g/mol. The number of esters is 1. The van der Waals surface area contributed by atoms with Gasteiger partial charge in [-0.05, 0) is 19.3 Å². The standard InChI is InChI=1S/C17H34O2Si/c1-5-8-11-17(12-9-6-2,13-10-7-3)15(4)16(18)19-14-20/h4-14H2,1-3,20H3. The van der Waals surface area contributed by atoms with Gasteiger partial charge in [0, 0.05) is 11.0 Å². The Morgan fingerprint density at radius 1 is 1.00 bits per heavy atom. The molecule has 0 bridgehead atoms. The van der Waals surface area contributed by atoms with Gasteiger partial charge in [0.25, 0.3) is 0 Å². The first-order valence-electron chi connectivity index (χ1n) is 8.44. The molecule has 0 amide bonds. The fourth-order valence-electron chi connectivity index (χ4n) is 2.81. The summed E-state index contributed by atoms with van der Waals surface area (Å²) in [7, 11) is 0.895. The average Bonchev–Trinajstić information content (AvgIpc) is 2.46. The minimum atomic E-state index is -0.150. The molecule has 0 aliphatic rings. The molecule has 0 saturated heterocycles. The van der Waals surface area contributed by atoms with Crippen LogP contribution in [0, 0.1) is 5.41 Å². The number of carbonyl (C=O) groups is 1. The molecule has 0 fully saturated rings. The SMILES string of the molecule is C=C(C(=O)OC[SiH3])C(CCCC)(CCCC)CCCC. The van der Waals surface area contributed by atoms with Crippen molar-refractivity contribution < 1.29 is 9.53 Å². The molecule has 2 nitrogen and oxygen atoms in total. The molecule has 0 heterocycles. The van der Waals surface area contributed by atoms with E-state index < -0.39 is 0 Å². The highest BCUT2D eigenvalue weighted by atomic mass is 28.1. The van der Waals surface area contributed by atoms with Crippen molar-refractivity contribution in [1.82, 2.24) is 0 Å². The van der Waals surface area contributed by atoms with Gasteiger partial charge >= 0.3 is 5.97 Å². The van der Waals surface area contributed by atoms with Crippen LogP contribution in [0.1, 0.15) is 78.6 Å². The Bertz CT molecular complexity index is 265. The first-order chi connectivity index (χ1) is 9.57. The van der Waals surface area contributed by atoms with Crippen molar-refractivity contribution in [3.63, 3.8) is 0 Å². The second-order valence-corrected chi connectivity index (χ2v) is 6.37. The van der Waals surface area contributed by atoms with Crippen LogP contribution >= 0.6 is 0 Å². The Hall–Kier alpha value is -0.573. The first kappa shape index (κ1) is 19.4. The summed E-state index contributed by atoms with van der Waals surface area (Å²) in [6.07, 6.45) is 10.8. The molecular weight excluding hydrogens is 264 g/mol. The van der Waals surface area contributed by atoms with Crippen LogP contribution in [-0.2, 0) is 9.53 Å². The molecular formula is C17H34O2Si. The Morgan fingerprint density at radius 3 is 1.70 bits per heavy atom. The van der Waals surface area contributed by atoms with E-state index in [1.807, 2.05) is 0 Å². The van der Waals surface area contributed by atoms with Crippen LogP contribution in [0.2, 0.25) is 0 Å². The van der Waals surface area contributed by atoms with Crippen LogP contribution in [-0.4, -0.2) is 22.4 Å². The lowest BCUT2D eigenvalue weighted by atomic mass is 9.69. The van der Waals surface area contributed by atoms with E-state index in [1.54, 1.807) is 0 Å². The third-order valence-electron chi connectivity index (χ3n) is 4.19. The number of carbonyl (C=O) groups excluding carboxylic acids is 1. The molecule has 0 aliphatic heterocycles. The lowest BCUT2D eigenvalue weighted by Crippen LogP contribution is -2.29. The van der Waals surface area contributed by atoms with E-state index in [0.717, 1.165) is 35.1 Å². The van der Waals surface area contributed by atoms with Crippen molar-refractivity contribution in [1.29, 1.82) is 0 Å². The van der Waals surface area contributed by atoms with Gasteiger partial charge in [-0.15, -0.1) is 0 Å². The maximum Gasteiger partial charge on any atom is 0.333 e. The zero-order chi connectivity index (χ0) is 15.4. The number of ether oxygens (including phenoxy) is 1. The van der Waals surface area contributed by atoms with E-state index in [2.05, 4.69) is 27.4 Å². The quantitative estimate of drug-likeness (QED) is 0.310. The molecule has 0 aromatic rings. The van der Waals surface area contributed by atoms with E-state index in [-0.39, 0.29) is 11.4 Å². The van der Waals surface area contributed by atoms with E-state index in [9.17, 15) is 4.79 Å². The summed E-state index contributed by atoms with van der Waals surface area (Å²) >= 11 is 0. The van der Waals surface area contributed by atoms with Gasteiger partial charge in [0.15, 0.2) is 0 Å². The highest BCUT2D eigenvalue weighted by Crippen LogP contribution is 2.43. The molecule has 0 atom stereocenters. The molecule has 0 radical (unpaired) electrons. The van der Waals surface area contributed by atoms with Crippen molar-refractivity contribution in [2.24, 2.45) is 5.41 Å². The molecule has 0 saturated carbocycles. The third-order valence-corrected chi connectivity index (χ3v) is 4.48. The highest BCUT2D eigenvalue weighted by molar-refractivity contribution is 6.09. The largest absolute Gasteiger partial charge is 0.467 e. The van der Waals surface area contributed by atoms with Gasteiger partial charge in [-0.25, -0.2) is 4.79 Å². The summed E-state index contributed by atoms with van der Waals surface area (Å²) < 4.78 is 5.27. The Labute approximate surface area is 128 Å². The molecule has 118 valence electrons. The minimum Gasteiger partial charge on any atom is -0.467 e. The van der Waals surface area contributed by atoms with Gasteiger partial charge in [-0.1, -0.05) is 65.9 Å². The van der Waals surface area contributed by atoms with E-state index in [1.165, 1.54) is 38.5 Å². The van der Waals surface area contributed by atoms with Crippen LogP contribution in [0.3, 0.4) is 0 Å². The second kappa shape index (κ2) is 11.1. The molecule has 0 aliphatic carbocycles. The summed E-state index contributed by atoms with van der Waals surface area (Å²) in [5, 5.41) is 0. The topological polar surface area (TPSA) is 26.3 Å². The Morgan fingerprint density at radius 2 is 1.40 bits per heavy atom. The zero-order valence-corrected chi connectivity index (χ0v) is 16.1. The van der Waals surface area contributed by atoms with Crippen molar-refractivity contribution in [2.75, 3.05) is 6.23 Å². The minimum absolute atomic E-state index is 0.0180. The maximum absolute atomic E-state index is 12.2. The highest BCUT2D eigenvalue weighted by Gasteiger charge is 2.35. The fraction of sp³-hybridized carbons (Fsp3) is 0.824. The molecule has 0 N–H and O–H groups in total. The van der Waals surface area contributed by atoms with Crippen molar-refractivity contribution in [2.45, 2.75) is 78.6 Å². The van der Waals surface area contributed by atoms with Crippen LogP contribution < -0.4 is 0 Å². The Kier molecular flexibility index (Phi) is 10.8. The van der Waals surface area contributed by atoms with Crippen LogP contribution in [0.5, 0.6) is 0 Å². The predicted molar refractivity (Wildman–Crippen MR) is 91.0 cm³/mol. The van der Waals surface area contributed by atoms with Gasteiger partial charge in [0.2, 0.25) is 0 Å². The summed E-state index contributed by atoms with van der Waals surface area (Å²) in [5.41, 5.74) is 0.722. The van der Waals surface area contributed by atoms with Gasteiger partial charge in [0.05, 0.1) is 16.5 Å². The van der Waals surface area contributed by atoms with Gasteiger partial charge in [-0.2, -0.15) is 0 Å². The van der Waals surface area contributed by atoms with Crippen molar-refractivity contribution in [3.05, 3.63) is 12.2 Å². The van der Waals surface area contributed by atoms with E-state index in [0.29, 0.717) is 6.23 Å². The van der Waals surface area contributed by atoms with Crippen LogP contribution in [0.4, 0.5) is 0 Å². The van der Waals surface area contributed by atoms with Crippen molar-refractivity contribution >= 4 is 16.2 Å². The van der Waals surface area contributed by atoms with Gasteiger partial charge < -0.3 is 4.74 Å². The van der Waals surface area contributed by atoms with E-state index in [4.69, 9.17) is 4.74 Å². The third kappa shape index (κ3) is 6.25. The molecule has 0 spiro atoms. The second-order valence-electron chi connectivity index (χ2n) is 5.79. The van der Waals surface area contributed by atoms with Crippen molar-refractivity contribution in [3.8, 4) is 0 Å². The molecule has 0 aromatic carbocycles. The molecule has 0 unspecified atom stereocenters. The normalized spacial score (nSPS) is 11.6. The maximum atomic E-state index is 12.2. The summed E-state index contributed by atoms with van der Waals surface area (Å²) in [6.45, 7) is 10.8. The molecule has 3 heteroatoms. The monoisotopic (exact) mass is 298 g/mol. The summed E-state index contributed by atoms with van der Waals surface area (Å²) in [4.78, 5) is 12.2. The number of hydrogen-bond donors (Lipinski definition) is 0. The van der Waals surface area contributed by atoms with Gasteiger partial charge in [-0.3, -0.25) is 0 Å². The summed E-state index contributed by atoms with van der Waals surface area (Å²) in [5.74, 6) is -0.150. The number of hydrogen-bond acceptors (Lipinski definition) is 2. The molecule has 0 aromatic heterocycles. The molecule has 0 rings (SSSR count). The lowest BCUT2D eigenvalue weighted by Gasteiger charge is -2.35. The Balaban J connectivity index is 5.09. The fourth-order valence-corrected chi connectivity index (χ4v) is 3.07.